The topological polar surface area (TPSA) is 37.3 Å². The molecule has 0 aliphatic rings. The highest BCUT2D eigenvalue weighted by Crippen LogP contribution is 2.21. The van der Waals surface area contributed by atoms with Gasteiger partial charge in [0, 0.05) is 0 Å². The Morgan fingerprint density at radius 1 is 1.00 bits per heavy atom. The number of benzene rings is 1. The normalized spacial score (nSPS) is 13.9. The molecule has 2 nitrogen and oxygen atoms in total. The third kappa shape index (κ3) is 7.94. The molecular formula is C21H33FO2. The zero-order valence-electron chi connectivity index (χ0n) is 15.6. The zero-order chi connectivity index (χ0) is 18.1. The van der Waals surface area contributed by atoms with E-state index in [9.17, 15) is 9.18 Å². The van der Waals surface area contributed by atoms with Crippen LogP contribution in [-0.2, 0) is 6.42 Å². The highest BCUT2D eigenvalue weighted by Gasteiger charge is 2.12. The van der Waals surface area contributed by atoms with Crippen molar-refractivity contribution in [1.29, 1.82) is 0 Å². The summed E-state index contributed by atoms with van der Waals surface area (Å²) in [6.07, 6.45) is 8.36. The third-order valence-corrected chi connectivity index (χ3v) is 4.72. The summed E-state index contributed by atoms with van der Waals surface area (Å²) in [7, 11) is 0. The van der Waals surface area contributed by atoms with E-state index in [-0.39, 0.29) is 5.56 Å². The van der Waals surface area contributed by atoms with Gasteiger partial charge >= 0.3 is 5.97 Å². The second kappa shape index (κ2) is 10.5. The van der Waals surface area contributed by atoms with Gasteiger partial charge in [-0.3, -0.25) is 0 Å². The maximum Gasteiger partial charge on any atom is 0.338 e. The summed E-state index contributed by atoms with van der Waals surface area (Å²) in [5, 5.41) is 8.86. The Hall–Kier alpha value is -1.38. The summed E-state index contributed by atoms with van der Waals surface area (Å²) < 4.78 is 13.7. The van der Waals surface area contributed by atoms with Crippen LogP contribution in [0.5, 0.6) is 0 Å². The molecule has 1 N–H and O–H groups in total. The number of hydrogen-bond donors (Lipinski definition) is 1. The molecule has 0 aromatic heterocycles. The van der Waals surface area contributed by atoms with Crippen molar-refractivity contribution in [3.63, 3.8) is 0 Å². The number of carboxylic acid groups (broad SMARTS) is 1. The molecule has 0 aliphatic heterocycles. The van der Waals surface area contributed by atoms with Gasteiger partial charge in [-0.1, -0.05) is 72.3 Å². The van der Waals surface area contributed by atoms with Crippen molar-refractivity contribution < 1.29 is 14.3 Å². The lowest BCUT2D eigenvalue weighted by atomic mass is 9.91. The van der Waals surface area contributed by atoms with E-state index in [4.69, 9.17) is 5.11 Å². The second-order valence-corrected chi connectivity index (χ2v) is 7.79. The van der Waals surface area contributed by atoms with Crippen molar-refractivity contribution >= 4 is 5.97 Å². The number of hydrogen-bond acceptors (Lipinski definition) is 1. The minimum Gasteiger partial charge on any atom is -0.478 e. The minimum atomic E-state index is -1.21. The van der Waals surface area contributed by atoms with Gasteiger partial charge in [-0.2, -0.15) is 0 Å². The van der Waals surface area contributed by atoms with E-state index in [2.05, 4.69) is 27.7 Å². The van der Waals surface area contributed by atoms with Crippen LogP contribution in [0.4, 0.5) is 4.39 Å². The van der Waals surface area contributed by atoms with E-state index < -0.39 is 11.8 Å². The summed E-state index contributed by atoms with van der Waals surface area (Å²) in [6, 6.07) is 4.47. The van der Waals surface area contributed by atoms with Gasteiger partial charge in [0.25, 0.3) is 0 Å². The van der Waals surface area contributed by atoms with E-state index in [1.165, 1.54) is 44.2 Å². The molecule has 2 atom stereocenters. The minimum absolute atomic E-state index is 0.248. The highest BCUT2D eigenvalue weighted by atomic mass is 19.1. The summed E-state index contributed by atoms with van der Waals surface area (Å²) in [5.74, 6) is 0.223. The van der Waals surface area contributed by atoms with Gasteiger partial charge < -0.3 is 5.11 Å². The van der Waals surface area contributed by atoms with Crippen molar-refractivity contribution in [2.24, 2.45) is 17.8 Å². The zero-order valence-corrected chi connectivity index (χ0v) is 15.6. The van der Waals surface area contributed by atoms with Gasteiger partial charge in [-0.25, -0.2) is 9.18 Å². The van der Waals surface area contributed by atoms with Crippen molar-refractivity contribution in [3.8, 4) is 0 Å². The average molecular weight is 336 g/mol. The van der Waals surface area contributed by atoms with Crippen LogP contribution in [0.1, 0.15) is 82.1 Å². The SMILES string of the molecule is CC(C)CCCC(C)CCCC(C)Cc1ccc(C(=O)O)c(F)c1. The van der Waals surface area contributed by atoms with Gasteiger partial charge in [0.2, 0.25) is 0 Å². The van der Waals surface area contributed by atoms with Crippen molar-refractivity contribution in [2.75, 3.05) is 0 Å². The van der Waals surface area contributed by atoms with E-state index in [1.54, 1.807) is 6.07 Å². The van der Waals surface area contributed by atoms with Crippen LogP contribution in [0, 0.1) is 23.6 Å². The summed E-state index contributed by atoms with van der Waals surface area (Å²) in [6.45, 7) is 9.08. The molecule has 0 fully saturated rings. The van der Waals surface area contributed by atoms with Crippen molar-refractivity contribution in [3.05, 3.63) is 35.1 Å². The van der Waals surface area contributed by atoms with E-state index in [1.807, 2.05) is 0 Å². The first kappa shape index (κ1) is 20.7. The lowest BCUT2D eigenvalue weighted by Crippen LogP contribution is -2.05. The number of carbonyl (C=O) groups is 1. The Labute approximate surface area is 146 Å². The maximum absolute atomic E-state index is 13.7. The first-order chi connectivity index (χ1) is 11.3. The van der Waals surface area contributed by atoms with Crippen molar-refractivity contribution in [2.45, 2.75) is 72.6 Å². The summed E-state index contributed by atoms with van der Waals surface area (Å²) in [4.78, 5) is 10.8. The van der Waals surface area contributed by atoms with Gasteiger partial charge in [-0.05, 0) is 41.9 Å². The second-order valence-electron chi connectivity index (χ2n) is 7.79. The van der Waals surface area contributed by atoms with E-state index >= 15 is 0 Å². The number of carboxylic acids is 1. The van der Waals surface area contributed by atoms with Crippen LogP contribution in [0.15, 0.2) is 18.2 Å². The Morgan fingerprint density at radius 2 is 1.58 bits per heavy atom. The molecule has 0 spiro atoms. The standard InChI is InChI=1S/C21H33FO2/c1-15(2)7-5-8-16(3)9-6-10-17(4)13-18-11-12-19(21(23)24)20(22)14-18/h11-12,14-17H,5-10,13H2,1-4H3,(H,23,24). The van der Waals surface area contributed by atoms with Gasteiger partial charge in [0.15, 0.2) is 0 Å². The Balaban J connectivity index is 2.30. The van der Waals surface area contributed by atoms with Gasteiger partial charge in [-0.15, -0.1) is 0 Å². The predicted octanol–water partition coefficient (Wildman–Crippen LogP) is 6.34. The molecule has 0 bridgehead atoms. The molecule has 136 valence electrons. The Bertz CT molecular complexity index is 511. The van der Waals surface area contributed by atoms with Gasteiger partial charge in [0.1, 0.15) is 5.82 Å². The first-order valence-corrected chi connectivity index (χ1v) is 9.31. The van der Waals surface area contributed by atoms with Crippen molar-refractivity contribution in [1.82, 2.24) is 0 Å². The van der Waals surface area contributed by atoms with Gasteiger partial charge in [0.05, 0.1) is 5.56 Å². The van der Waals surface area contributed by atoms with Crippen LogP contribution in [-0.4, -0.2) is 11.1 Å². The van der Waals surface area contributed by atoms with Crippen LogP contribution in [0.3, 0.4) is 0 Å². The highest BCUT2D eigenvalue weighted by molar-refractivity contribution is 5.87. The molecule has 0 radical (unpaired) electrons. The smallest absolute Gasteiger partial charge is 0.338 e. The lowest BCUT2D eigenvalue weighted by molar-refractivity contribution is 0.0692. The van der Waals surface area contributed by atoms with E-state index in [0.29, 0.717) is 5.92 Å². The molecule has 3 heteroatoms. The predicted molar refractivity (Wildman–Crippen MR) is 97.9 cm³/mol. The molecule has 1 aromatic carbocycles. The number of halogens is 1. The molecule has 1 aromatic rings. The van der Waals surface area contributed by atoms with Crippen LogP contribution in [0.25, 0.3) is 0 Å². The average Bonchev–Trinajstić information content (AvgIpc) is 2.46. The summed E-state index contributed by atoms with van der Waals surface area (Å²) >= 11 is 0. The fourth-order valence-electron chi connectivity index (χ4n) is 3.20. The quantitative estimate of drug-likeness (QED) is 0.512. The first-order valence-electron chi connectivity index (χ1n) is 9.31. The van der Waals surface area contributed by atoms with Crippen LogP contribution >= 0.6 is 0 Å². The monoisotopic (exact) mass is 336 g/mol. The Morgan fingerprint density at radius 3 is 2.12 bits per heavy atom. The fraction of sp³-hybridized carbons (Fsp3) is 0.667. The Kier molecular flexibility index (Phi) is 9.02. The molecular weight excluding hydrogens is 303 g/mol. The third-order valence-electron chi connectivity index (χ3n) is 4.72. The maximum atomic E-state index is 13.7. The molecule has 0 saturated heterocycles. The van der Waals surface area contributed by atoms with E-state index in [0.717, 1.165) is 30.2 Å². The molecule has 2 unspecified atom stereocenters. The van der Waals surface area contributed by atoms with Crippen LogP contribution < -0.4 is 0 Å². The largest absolute Gasteiger partial charge is 0.478 e. The molecule has 0 amide bonds. The molecule has 24 heavy (non-hydrogen) atoms. The summed E-state index contributed by atoms with van der Waals surface area (Å²) in [5.41, 5.74) is 0.636. The fourth-order valence-corrected chi connectivity index (χ4v) is 3.20. The number of rotatable bonds is 11. The lowest BCUT2D eigenvalue weighted by Gasteiger charge is -2.15. The molecule has 0 heterocycles. The number of aromatic carboxylic acids is 1. The molecule has 1 rings (SSSR count). The molecule has 0 saturated carbocycles. The molecule has 0 aliphatic carbocycles. The van der Waals surface area contributed by atoms with Crippen LogP contribution in [0.2, 0.25) is 0 Å².